The molecule has 2 aliphatic heterocycles. The van der Waals surface area contributed by atoms with Crippen molar-refractivity contribution in [1.29, 1.82) is 0 Å². The van der Waals surface area contributed by atoms with E-state index in [1.54, 1.807) is 0 Å². The van der Waals surface area contributed by atoms with Gasteiger partial charge < -0.3 is 18.9 Å². The first-order valence-corrected chi connectivity index (χ1v) is 19.1. The molecule has 0 radical (unpaired) electrons. The molecule has 0 bridgehead atoms. The SMILES string of the molecule is C=C[C@@H](Cc1ccccc1I)O[C@]1(CI)CCCCO1.C=C[C@H](Cc1ccccc1I)O[C@@]1(CI)CCCCO1. The minimum atomic E-state index is -0.419. The van der Waals surface area contributed by atoms with Crippen LogP contribution in [0, 0.1) is 7.14 Å². The van der Waals surface area contributed by atoms with Crippen molar-refractivity contribution in [1.82, 2.24) is 0 Å². The highest BCUT2D eigenvalue weighted by molar-refractivity contribution is 14.1. The number of halogens is 4. The normalized spacial score (nSPS) is 24.3. The fourth-order valence-corrected chi connectivity index (χ4v) is 7.55. The predicted molar refractivity (Wildman–Crippen MR) is 199 cm³/mol. The van der Waals surface area contributed by atoms with Gasteiger partial charge in [-0.05, 0) is 94.1 Å². The topological polar surface area (TPSA) is 36.9 Å². The number of hydrogen-bond donors (Lipinski definition) is 0. The maximum absolute atomic E-state index is 6.29. The van der Waals surface area contributed by atoms with Crippen LogP contribution in [0.3, 0.4) is 0 Å². The summed E-state index contributed by atoms with van der Waals surface area (Å²) in [7, 11) is 0. The van der Waals surface area contributed by atoms with E-state index >= 15 is 0 Å². The van der Waals surface area contributed by atoms with Gasteiger partial charge in [-0.1, -0.05) is 93.7 Å². The molecule has 0 amide bonds. The molecule has 4 rings (SSSR count). The average Bonchev–Trinajstić information content (AvgIpc) is 3.00. The summed E-state index contributed by atoms with van der Waals surface area (Å²) in [4.78, 5) is 0. The third kappa shape index (κ3) is 11.0. The number of rotatable bonds is 12. The van der Waals surface area contributed by atoms with Gasteiger partial charge in [0.2, 0.25) is 0 Å². The van der Waals surface area contributed by atoms with Crippen LogP contribution in [0.4, 0.5) is 0 Å². The molecule has 2 heterocycles. The van der Waals surface area contributed by atoms with E-state index in [1.807, 2.05) is 12.2 Å². The maximum atomic E-state index is 6.29. The van der Waals surface area contributed by atoms with Gasteiger partial charge in [0.25, 0.3) is 0 Å². The summed E-state index contributed by atoms with van der Waals surface area (Å²) in [5, 5.41) is 0. The van der Waals surface area contributed by atoms with Gasteiger partial charge >= 0.3 is 0 Å². The Morgan fingerprint density at radius 1 is 0.700 bits per heavy atom. The van der Waals surface area contributed by atoms with Gasteiger partial charge in [0.05, 0.1) is 34.3 Å². The molecule has 8 heteroatoms. The largest absolute Gasteiger partial charge is 0.349 e. The summed E-state index contributed by atoms with van der Waals surface area (Å²) in [5.41, 5.74) is 2.61. The summed E-state index contributed by atoms with van der Waals surface area (Å²) in [6.45, 7) is 9.47. The molecule has 4 atom stereocenters. The van der Waals surface area contributed by atoms with Gasteiger partial charge in [-0.3, -0.25) is 0 Å². The number of benzene rings is 2. The van der Waals surface area contributed by atoms with E-state index in [9.17, 15) is 0 Å². The van der Waals surface area contributed by atoms with Gasteiger partial charge in [-0.15, -0.1) is 13.2 Å². The van der Waals surface area contributed by atoms with Crippen molar-refractivity contribution in [3.8, 4) is 0 Å². The summed E-state index contributed by atoms with van der Waals surface area (Å²) < 4.78 is 28.7. The van der Waals surface area contributed by atoms with Gasteiger partial charge in [-0.2, -0.15) is 0 Å². The molecule has 2 aliphatic rings. The predicted octanol–water partition coefficient (Wildman–Crippen LogP) is 9.47. The first-order valence-electron chi connectivity index (χ1n) is 13.9. The van der Waals surface area contributed by atoms with Gasteiger partial charge in [0, 0.05) is 32.8 Å². The van der Waals surface area contributed by atoms with Crippen molar-refractivity contribution in [2.24, 2.45) is 0 Å². The molecule has 0 aliphatic carbocycles. The number of hydrogen-bond acceptors (Lipinski definition) is 4. The minimum Gasteiger partial charge on any atom is -0.349 e. The molecular formula is C32H40I4O4. The van der Waals surface area contributed by atoms with Crippen LogP contribution < -0.4 is 0 Å². The van der Waals surface area contributed by atoms with E-state index < -0.39 is 11.6 Å². The van der Waals surface area contributed by atoms with E-state index in [0.717, 1.165) is 60.6 Å². The lowest BCUT2D eigenvalue weighted by Gasteiger charge is -2.38. The molecule has 2 aromatic rings. The van der Waals surface area contributed by atoms with Crippen LogP contribution in [-0.4, -0.2) is 45.9 Å². The van der Waals surface area contributed by atoms with E-state index in [4.69, 9.17) is 18.9 Å². The number of ether oxygens (including phenoxy) is 4. The second-order valence-electron chi connectivity index (χ2n) is 10.1. The zero-order chi connectivity index (χ0) is 28.8. The molecule has 2 aromatic carbocycles. The molecule has 4 nitrogen and oxygen atoms in total. The van der Waals surface area contributed by atoms with E-state index in [2.05, 4.69) is 152 Å². The minimum absolute atomic E-state index is 0.00113. The van der Waals surface area contributed by atoms with Crippen molar-refractivity contribution in [3.05, 3.63) is 92.1 Å². The Hall–Kier alpha value is 0.680. The van der Waals surface area contributed by atoms with E-state index in [-0.39, 0.29) is 12.2 Å². The Morgan fingerprint density at radius 2 is 1.10 bits per heavy atom. The quantitative estimate of drug-likeness (QED) is 0.121. The molecule has 0 aromatic heterocycles. The lowest BCUT2D eigenvalue weighted by molar-refractivity contribution is -0.252. The van der Waals surface area contributed by atoms with Crippen molar-refractivity contribution in [3.63, 3.8) is 0 Å². The highest BCUT2D eigenvalue weighted by Gasteiger charge is 2.36. The molecule has 0 N–H and O–H groups in total. The zero-order valence-electron chi connectivity index (χ0n) is 23.0. The summed E-state index contributed by atoms with van der Waals surface area (Å²) in [6.07, 6.45) is 12.1. The van der Waals surface area contributed by atoms with Crippen molar-refractivity contribution in [2.75, 3.05) is 22.1 Å². The fraction of sp³-hybridized carbons (Fsp3) is 0.500. The monoisotopic (exact) mass is 996 g/mol. The second kappa shape index (κ2) is 18.5. The standard InChI is InChI=1S/2C16H20I2O2/c2*1-2-14(11-13-7-3-4-8-15(13)18)20-16(12-17)9-5-6-10-19-16/h2*2-4,7-8,14H,1,5-6,9-12H2/t2*14-,16-/m10/s1. The number of alkyl halides is 2. The Bertz CT molecular complexity index is 967. The average molecular weight is 996 g/mol. The Balaban J connectivity index is 0.000000220. The van der Waals surface area contributed by atoms with Crippen LogP contribution in [0.2, 0.25) is 0 Å². The third-order valence-corrected chi connectivity index (χ3v) is 11.5. The lowest BCUT2D eigenvalue weighted by atomic mass is 10.0. The summed E-state index contributed by atoms with van der Waals surface area (Å²) >= 11 is 9.46. The fourth-order valence-electron chi connectivity index (χ4n) is 4.77. The summed E-state index contributed by atoms with van der Waals surface area (Å²) in [6, 6.07) is 16.8. The molecule has 220 valence electrons. The first-order chi connectivity index (χ1) is 19.4. The van der Waals surface area contributed by atoms with Crippen LogP contribution in [0.1, 0.15) is 49.7 Å². The van der Waals surface area contributed by atoms with Crippen LogP contribution >= 0.6 is 90.4 Å². The van der Waals surface area contributed by atoms with Gasteiger partial charge in [-0.25, -0.2) is 0 Å². The smallest absolute Gasteiger partial charge is 0.177 e. The van der Waals surface area contributed by atoms with Crippen molar-refractivity contribution < 1.29 is 18.9 Å². The van der Waals surface area contributed by atoms with Crippen LogP contribution in [0.15, 0.2) is 73.8 Å². The third-order valence-electron chi connectivity index (χ3n) is 7.06. The Labute approximate surface area is 295 Å². The lowest BCUT2D eigenvalue weighted by Crippen LogP contribution is -2.44. The van der Waals surface area contributed by atoms with Crippen LogP contribution in [0.25, 0.3) is 0 Å². The van der Waals surface area contributed by atoms with Crippen LogP contribution in [0.5, 0.6) is 0 Å². The molecular weight excluding hydrogens is 956 g/mol. The van der Waals surface area contributed by atoms with Crippen LogP contribution in [-0.2, 0) is 31.8 Å². The first kappa shape index (κ1) is 35.2. The molecule has 0 saturated carbocycles. The van der Waals surface area contributed by atoms with Gasteiger partial charge in [0.1, 0.15) is 0 Å². The van der Waals surface area contributed by atoms with Crippen molar-refractivity contribution >= 4 is 90.4 Å². The van der Waals surface area contributed by atoms with E-state index in [0.29, 0.717) is 0 Å². The second-order valence-corrected chi connectivity index (χ2v) is 13.9. The van der Waals surface area contributed by atoms with E-state index in [1.165, 1.54) is 31.1 Å². The Kier molecular flexibility index (Phi) is 16.2. The molecule has 0 spiro atoms. The molecule has 0 unspecified atom stereocenters. The van der Waals surface area contributed by atoms with Gasteiger partial charge in [0.15, 0.2) is 11.6 Å². The molecule has 40 heavy (non-hydrogen) atoms. The molecule has 2 fully saturated rings. The highest BCUT2D eigenvalue weighted by atomic mass is 127. The maximum Gasteiger partial charge on any atom is 0.177 e. The zero-order valence-corrected chi connectivity index (χ0v) is 31.6. The summed E-state index contributed by atoms with van der Waals surface area (Å²) in [5.74, 6) is -0.838. The highest BCUT2D eigenvalue weighted by Crippen LogP contribution is 2.32. The Morgan fingerprint density at radius 3 is 1.40 bits per heavy atom. The molecule has 2 saturated heterocycles. The van der Waals surface area contributed by atoms with Crippen molar-refractivity contribution in [2.45, 2.75) is 75.1 Å².